The third-order valence-electron chi connectivity index (χ3n) is 4.41. The summed E-state index contributed by atoms with van der Waals surface area (Å²) >= 11 is 0. The summed E-state index contributed by atoms with van der Waals surface area (Å²) in [6, 6.07) is 19.2. The van der Waals surface area contributed by atoms with E-state index in [-0.39, 0.29) is 5.69 Å². The van der Waals surface area contributed by atoms with Gasteiger partial charge in [0.05, 0.1) is 11.4 Å². The van der Waals surface area contributed by atoms with Crippen LogP contribution in [0.3, 0.4) is 0 Å². The number of aromatic nitrogens is 2. The van der Waals surface area contributed by atoms with E-state index in [0.717, 1.165) is 39.2 Å². The first kappa shape index (κ1) is 18.5. The summed E-state index contributed by atoms with van der Waals surface area (Å²) in [6.45, 7) is -0.434. The summed E-state index contributed by atoms with van der Waals surface area (Å²) in [6.07, 6.45) is 0. The predicted molar refractivity (Wildman–Crippen MR) is 106 cm³/mol. The van der Waals surface area contributed by atoms with Crippen LogP contribution in [0.5, 0.6) is 0 Å². The lowest BCUT2D eigenvalue weighted by molar-refractivity contribution is -0.117. The molecule has 0 bridgehead atoms. The smallest absolute Gasteiger partial charge is 0.267 e. The molecule has 29 heavy (non-hydrogen) atoms. The highest BCUT2D eigenvalue weighted by Gasteiger charge is 2.11. The summed E-state index contributed by atoms with van der Waals surface area (Å²) in [5.74, 6) is -2.15. The lowest BCUT2D eigenvalue weighted by Crippen LogP contribution is -2.29. The van der Waals surface area contributed by atoms with Gasteiger partial charge in [-0.3, -0.25) is 9.59 Å². The molecule has 0 fully saturated rings. The number of carbonyl (C=O) groups excluding carboxylic acids is 1. The monoisotopic (exact) mass is 391 g/mol. The number of fused-ring (bicyclic) bond motifs is 1. The molecular weight excluding hydrogens is 376 g/mol. The van der Waals surface area contributed by atoms with Crippen LogP contribution >= 0.6 is 0 Å². The van der Waals surface area contributed by atoms with E-state index in [1.807, 2.05) is 42.5 Å². The Morgan fingerprint density at radius 3 is 2.55 bits per heavy atom. The molecule has 0 atom stereocenters. The first-order valence-corrected chi connectivity index (χ1v) is 8.82. The fourth-order valence-electron chi connectivity index (χ4n) is 2.98. The Bertz CT molecular complexity index is 1280. The van der Waals surface area contributed by atoms with Gasteiger partial charge in [-0.15, -0.1) is 0 Å². The first-order valence-electron chi connectivity index (χ1n) is 8.82. The van der Waals surface area contributed by atoms with Crippen LogP contribution in [-0.4, -0.2) is 15.7 Å². The molecule has 1 amide bonds. The van der Waals surface area contributed by atoms with Gasteiger partial charge >= 0.3 is 0 Å². The topological polar surface area (TPSA) is 64.0 Å². The zero-order chi connectivity index (χ0) is 20.4. The van der Waals surface area contributed by atoms with E-state index in [1.54, 1.807) is 6.07 Å². The first-order chi connectivity index (χ1) is 14.0. The highest BCUT2D eigenvalue weighted by atomic mass is 19.1. The van der Waals surface area contributed by atoms with Crippen molar-refractivity contribution in [2.45, 2.75) is 6.54 Å². The van der Waals surface area contributed by atoms with Crippen molar-refractivity contribution in [1.29, 1.82) is 0 Å². The second kappa shape index (κ2) is 7.63. The van der Waals surface area contributed by atoms with E-state index >= 15 is 0 Å². The van der Waals surface area contributed by atoms with Gasteiger partial charge in [0.2, 0.25) is 5.91 Å². The largest absolute Gasteiger partial charge is 0.322 e. The van der Waals surface area contributed by atoms with Crippen LogP contribution < -0.4 is 10.9 Å². The number of rotatable bonds is 4. The zero-order valence-electron chi connectivity index (χ0n) is 15.1. The van der Waals surface area contributed by atoms with Crippen LogP contribution in [-0.2, 0) is 11.3 Å². The lowest BCUT2D eigenvalue weighted by Gasteiger charge is -2.09. The molecule has 0 aliphatic heterocycles. The van der Waals surface area contributed by atoms with Crippen LogP contribution in [0.15, 0.2) is 77.6 Å². The summed E-state index contributed by atoms with van der Waals surface area (Å²) in [5, 5.41) is 8.59. The van der Waals surface area contributed by atoms with Gasteiger partial charge in [0.1, 0.15) is 18.2 Å². The zero-order valence-corrected chi connectivity index (χ0v) is 15.1. The maximum Gasteiger partial charge on any atom is 0.267 e. The Morgan fingerprint density at radius 2 is 1.72 bits per heavy atom. The molecule has 7 heteroatoms. The van der Waals surface area contributed by atoms with Crippen molar-refractivity contribution in [3.05, 3.63) is 94.8 Å². The highest BCUT2D eigenvalue weighted by molar-refractivity contribution is 5.90. The van der Waals surface area contributed by atoms with Gasteiger partial charge in [-0.1, -0.05) is 36.4 Å². The third-order valence-corrected chi connectivity index (χ3v) is 4.41. The number of anilines is 1. The van der Waals surface area contributed by atoms with Crippen molar-refractivity contribution < 1.29 is 13.6 Å². The predicted octanol–water partition coefficient (Wildman–Crippen LogP) is 3.98. The average molecular weight is 391 g/mol. The number of hydrogen-bond donors (Lipinski definition) is 1. The molecule has 0 aliphatic rings. The SMILES string of the molecule is O=C(Cn1nc(-c2ccc3ccccc3c2)ccc1=O)Nc1cc(F)ccc1F. The maximum absolute atomic E-state index is 13.7. The van der Waals surface area contributed by atoms with E-state index in [2.05, 4.69) is 10.4 Å². The van der Waals surface area contributed by atoms with E-state index in [9.17, 15) is 18.4 Å². The second-order valence-corrected chi connectivity index (χ2v) is 6.45. The quantitative estimate of drug-likeness (QED) is 0.572. The minimum absolute atomic E-state index is 0.297. The average Bonchev–Trinajstić information content (AvgIpc) is 2.72. The molecule has 0 spiro atoms. The molecule has 144 valence electrons. The Balaban J connectivity index is 1.60. The van der Waals surface area contributed by atoms with Crippen molar-refractivity contribution in [3.8, 4) is 11.3 Å². The van der Waals surface area contributed by atoms with Crippen molar-refractivity contribution in [2.24, 2.45) is 0 Å². The van der Waals surface area contributed by atoms with Crippen LogP contribution in [0, 0.1) is 11.6 Å². The highest BCUT2D eigenvalue weighted by Crippen LogP contribution is 2.22. The van der Waals surface area contributed by atoms with Crippen LogP contribution in [0.4, 0.5) is 14.5 Å². The lowest BCUT2D eigenvalue weighted by atomic mass is 10.1. The molecule has 4 aromatic rings. The number of nitrogens with one attached hydrogen (secondary N) is 1. The Hall–Kier alpha value is -3.87. The van der Waals surface area contributed by atoms with E-state index < -0.39 is 29.6 Å². The van der Waals surface area contributed by atoms with E-state index in [4.69, 9.17) is 0 Å². The van der Waals surface area contributed by atoms with Crippen molar-refractivity contribution in [2.75, 3.05) is 5.32 Å². The number of benzene rings is 3. The van der Waals surface area contributed by atoms with Crippen molar-refractivity contribution >= 4 is 22.4 Å². The fraction of sp³-hybridized carbons (Fsp3) is 0.0455. The number of amides is 1. The van der Waals surface area contributed by atoms with Crippen molar-refractivity contribution in [3.63, 3.8) is 0 Å². The van der Waals surface area contributed by atoms with Gasteiger partial charge in [0, 0.05) is 17.7 Å². The molecule has 0 saturated heterocycles. The molecule has 5 nitrogen and oxygen atoms in total. The number of halogens is 2. The molecule has 0 unspecified atom stereocenters. The maximum atomic E-state index is 13.7. The molecule has 4 rings (SSSR count). The molecule has 0 aliphatic carbocycles. The molecule has 1 aromatic heterocycles. The van der Waals surface area contributed by atoms with Gasteiger partial charge in [-0.25, -0.2) is 13.5 Å². The fourth-order valence-corrected chi connectivity index (χ4v) is 2.98. The van der Waals surface area contributed by atoms with Crippen molar-refractivity contribution in [1.82, 2.24) is 9.78 Å². The molecule has 1 heterocycles. The third kappa shape index (κ3) is 4.03. The molecule has 1 N–H and O–H groups in total. The normalized spacial score (nSPS) is 10.8. The molecule has 0 saturated carbocycles. The van der Waals surface area contributed by atoms with E-state index in [1.165, 1.54) is 6.07 Å². The van der Waals surface area contributed by atoms with E-state index in [0.29, 0.717) is 5.69 Å². The van der Waals surface area contributed by atoms with Crippen LogP contribution in [0.1, 0.15) is 0 Å². The summed E-state index contributed by atoms with van der Waals surface area (Å²) in [7, 11) is 0. The minimum Gasteiger partial charge on any atom is -0.322 e. The number of carbonyl (C=O) groups is 1. The Morgan fingerprint density at radius 1 is 0.931 bits per heavy atom. The Labute approximate surface area is 164 Å². The van der Waals surface area contributed by atoms with Gasteiger partial charge in [0.15, 0.2) is 0 Å². The summed E-state index contributed by atoms with van der Waals surface area (Å²) < 4.78 is 27.9. The van der Waals surface area contributed by atoms with Crippen LogP contribution in [0.25, 0.3) is 22.0 Å². The van der Waals surface area contributed by atoms with Gasteiger partial charge in [0.25, 0.3) is 5.56 Å². The van der Waals surface area contributed by atoms with Gasteiger partial charge in [-0.05, 0) is 35.0 Å². The van der Waals surface area contributed by atoms with Gasteiger partial charge < -0.3 is 5.32 Å². The summed E-state index contributed by atoms with van der Waals surface area (Å²) in [4.78, 5) is 24.3. The standard InChI is InChI=1S/C22H15F2N3O2/c23-17-7-8-18(24)20(12-17)25-21(28)13-27-22(29)10-9-19(26-27)16-6-5-14-3-1-2-4-15(14)11-16/h1-12H,13H2,(H,25,28). The number of nitrogens with zero attached hydrogens (tertiary/aromatic N) is 2. The Kier molecular flexibility index (Phi) is 4.87. The van der Waals surface area contributed by atoms with Crippen LogP contribution in [0.2, 0.25) is 0 Å². The molecular formula is C22H15F2N3O2. The molecule has 3 aromatic carbocycles. The minimum atomic E-state index is -0.773. The summed E-state index contributed by atoms with van der Waals surface area (Å²) in [5.41, 5.74) is 0.521. The molecule has 0 radical (unpaired) electrons. The van der Waals surface area contributed by atoms with Gasteiger partial charge in [-0.2, -0.15) is 5.10 Å². The number of hydrogen-bond acceptors (Lipinski definition) is 3. The second-order valence-electron chi connectivity index (χ2n) is 6.45.